The summed E-state index contributed by atoms with van der Waals surface area (Å²) in [6.07, 6.45) is 1.30. The highest BCUT2D eigenvalue weighted by Gasteiger charge is 2.24. The van der Waals surface area contributed by atoms with Crippen molar-refractivity contribution in [3.63, 3.8) is 0 Å². The first kappa shape index (κ1) is 30.7. The van der Waals surface area contributed by atoms with E-state index in [-0.39, 0.29) is 11.7 Å². The Morgan fingerprint density at radius 2 is 1.62 bits per heavy atom. The molecule has 1 amide bonds. The predicted molar refractivity (Wildman–Crippen MR) is 175 cm³/mol. The van der Waals surface area contributed by atoms with Gasteiger partial charge in [-0.1, -0.05) is 24.3 Å². The van der Waals surface area contributed by atoms with E-state index >= 15 is 0 Å². The van der Waals surface area contributed by atoms with Gasteiger partial charge in [0.25, 0.3) is 0 Å². The van der Waals surface area contributed by atoms with Crippen LogP contribution in [0.1, 0.15) is 12.8 Å². The van der Waals surface area contributed by atoms with Crippen LogP contribution in [0.4, 0.5) is 15.9 Å². The second-order valence-corrected chi connectivity index (χ2v) is 11.5. The molecule has 0 spiro atoms. The zero-order valence-electron chi connectivity index (χ0n) is 25.9. The van der Waals surface area contributed by atoms with Crippen molar-refractivity contribution in [2.24, 2.45) is 0 Å². The van der Waals surface area contributed by atoms with Crippen molar-refractivity contribution in [3.8, 4) is 17.1 Å². The van der Waals surface area contributed by atoms with E-state index in [0.717, 1.165) is 73.8 Å². The molecular formula is C35H41FN6O3. The molecule has 10 heteroatoms. The Morgan fingerprint density at radius 3 is 2.38 bits per heavy atom. The predicted octanol–water partition coefficient (Wildman–Crippen LogP) is 4.71. The van der Waals surface area contributed by atoms with Crippen LogP contribution in [0.25, 0.3) is 22.3 Å². The normalized spacial score (nSPS) is 15.8. The van der Waals surface area contributed by atoms with E-state index in [1.54, 1.807) is 19.2 Å². The molecule has 9 nitrogen and oxygen atoms in total. The van der Waals surface area contributed by atoms with Gasteiger partial charge in [-0.3, -0.25) is 9.69 Å². The lowest BCUT2D eigenvalue weighted by atomic mass is 10.1. The number of piperazine rings is 1. The van der Waals surface area contributed by atoms with Crippen molar-refractivity contribution in [2.45, 2.75) is 12.8 Å². The number of amides is 1. The molecule has 3 heterocycles. The molecule has 0 saturated carbocycles. The average molecular weight is 613 g/mol. The molecule has 45 heavy (non-hydrogen) atoms. The highest BCUT2D eigenvalue weighted by Crippen LogP contribution is 2.29. The Morgan fingerprint density at radius 1 is 0.889 bits per heavy atom. The van der Waals surface area contributed by atoms with Crippen LogP contribution >= 0.6 is 0 Å². The first-order chi connectivity index (χ1) is 22.1. The van der Waals surface area contributed by atoms with E-state index in [2.05, 4.69) is 15.9 Å². The first-order valence-electron chi connectivity index (χ1n) is 15.8. The fourth-order valence-corrected chi connectivity index (χ4v) is 6.10. The summed E-state index contributed by atoms with van der Waals surface area (Å²) < 4.78 is 25.2. The molecule has 0 atom stereocenters. The molecular weight excluding hydrogens is 571 g/mol. The van der Waals surface area contributed by atoms with E-state index < -0.39 is 0 Å². The average Bonchev–Trinajstić information content (AvgIpc) is 3.10. The molecule has 3 aromatic carbocycles. The maximum atomic E-state index is 14.4. The molecule has 2 saturated heterocycles. The molecule has 236 valence electrons. The number of methoxy groups -OCH3 is 1. The molecule has 4 aromatic rings. The van der Waals surface area contributed by atoms with E-state index in [4.69, 9.17) is 19.4 Å². The van der Waals surface area contributed by atoms with Crippen LogP contribution in [0.15, 0.2) is 72.8 Å². The maximum Gasteiger partial charge on any atom is 0.224 e. The monoisotopic (exact) mass is 612 g/mol. The highest BCUT2D eigenvalue weighted by atomic mass is 19.1. The Balaban J connectivity index is 1.20. The number of benzene rings is 3. The van der Waals surface area contributed by atoms with Crippen LogP contribution < -0.4 is 14.5 Å². The number of morpholine rings is 1. The second-order valence-electron chi connectivity index (χ2n) is 11.5. The van der Waals surface area contributed by atoms with Crippen molar-refractivity contribution in [3.05, 3.63) is 78.6 Å². The number of rotatable bonds is 11. The van der Waals surface area contributed by atoms with Crippen LogP contribution in [0.5, 0.6) is 5.75 Å². The number of nitrogens with zero attached hydrogens (tertiary/aromatic N) is 6. The van der Waals surface area contributed by atoms with Gasteiger partial charge in [0.2, 0.25) is 5.91 Å². The second kappa shape index (κ2) is 14.7. The zero-order chi connectivity index (χ0) is 31.0. The van der Waals surface area contributed by atoms with Crippen LogP contribution in [-0.2, 0) is 9.53 Å². The number of halogens is 1. The Labute approximate surface area is 264 Å². The SMILES string of the molecule is COc1ccc(-c2nc(N(CCCN3CCOCC3)CCC(=O)N3CCN(c4ccccc4F)CC3)c3ccccc3n2)cc1. The summed E-state index contributed by atoms with van der Waals surface area (Å²) in [6.45, 7) is 8.03. The van der Waals surface area contributed by atoms with Crippen molar-refractivity contribution in [1.82, 2.24) is 19.8 Å². The lowest BCUT2D eigenvalue weighted by Gasteiger charge is -2.36. The van der Waals surface area contributed by atoms with Crippen LogP contribution in [0.2, 0.25) is 0 Å². The summed E-state index contributed by atoms with van der Waals surface area (Å²) in [4.78, 5) is 32.1. The van der Waals surface area contributed by atoms with Gasteiger partial charge in [-0.15, -0.1) is 0 Å². The highest BCUT2D eigenvalue weighted by molar-refractivity contribution is 5.91. The fourth-order valence-electron chi connectivity index (χ4n) is 6.10. The number of anilines is 2. The number of aromatic nitrogens is 2. The summed E-state index contributed by atoms with van der Waals surface area (Å²) in [5, 5.41) is 0.965. The molecule has 0 aliphatic carbocycles. The molecule has 2 aliphatic rings. The minimum Gasteiger partial charge on any atom is -0.497 e. The van der Waals surface area contributed by atoms with Gasteiger partial charge in [0.15, 0.2) is 5.82 Å². The van der Waals surface area contributed by atoms with Crippen LogP contribution in [-0.4, -0.2) is 105 Å². The minimum atomic E-state index is -0.226. The minimum absolute atomic E-state index is 0.107. The van der Waals surface area contributed by atoms with Crippen molar-refractivity contribution in [1.29, 1.82) is 0 Å². The third kappa shape index (κ3) is 7.51. The molecule has 2 fully saturated rings. The molecule has 2 aliphatic heterocycles. The smallest absolute Gasteiger partial charge is 0.224 e. The number of para-hydroxylation sites is 2. The third-order valence-electron chi connectivity index (χ3n) is 8.66. The van der Waals surface area contributed by atoms with Crippen LogP contribution in [0.3, 0.4) is 0 Å². The van der Waals surface area contributed by atoms with E-state index in [1.807, 2.05) is 58.3 Å². The third-order valence-corrected chi connectivity index (χ3v) is 8.66. The van der Waals surface area contributed by atoms with Crippen molar-refractivity contribution >= 4 is 28.3 Å². The lowest BCUT2D eigenvalue weighted by molar-refractivity contribution is -0.131. The van der Waals surface area contributed by atoms with Crippen molar-refractivity contribution < 1.29 is 18.7 Å². The van der Waals surface area contributed by atoms with Gasteiger partial charge in [0.1, 0.15) is 17.4 Å². The topological polar surface area (TPSA) is 74.3 Å². The number of hydrogen-bond donors (Lipinski definition) is 0. The van der Waals surface area contributed by atoms with Gasteiger partial charge < -0.3 is 24.2 Å². The molecule has 6 rings (SSSR count). The summed E-state index contributed by atoms with van der Waals surface area (Å²) in [7, 11) is 1.65. The zero-order valence-corrected chi connectivity index (χ0v) is 25.9. The number of hydrogen-bond acceptors (Lipinski definition) is 8. The standard InChI is InChI=1S/C35H41FN6O3/c1-44-28-13-11-27(12-14-28)34-37-31-9-4-2-7-29(31)35(38-34)42(17-6-16-39-23-25-45-26-24-39)18-15-33(43)41-21-19-40(20-22-41)32-10-5-3-8-30(32)36/h2-5,7-14H,6,15-26H2,1H3. The van der Waals surface area contributed by atoms with Gasteiger partial charge >= 0.3 is 0 Å². The molecule has 0 bridgehead atoms. The largest absolute Gasteiger partial charge is 0.497 e. The van der Waals surface area contributed by atoms with Crippen molar-refractivity contribution in [2.75, 3.05) is 89.0 Å². The Hall–Kier alpha value is -4.28. The van der Waals surface area contributed by atoms with Gasteiger partial charge in [-0.05, 0) is 55.0 Å². The molecule has 1 aromatic heterocycles. The number of carbonyl (C=O) groups excluding carboxylic acids is 1. The fraction of sp³-hybridized carbons (Fsp3) is 0.400. The van der Waals surface area contributed by atoms with Crippen LogP contribution in [0, 0.1) is 5.82 Å². The summed E-state index contributed by atoms with van der Waals surface area (Å²) in [5.74, 6) is 2.13. The van der Waals surface area contributed by atoms with Gasteiger partial charge in [-0.25, -0.2) is 14.4 Å². The van der Waals surface area contributed by atoms with E-state index in [1.165, 1.54) is 6.07 Å². The number of fused-ring (bicyclic) bond motifs is 1. The number of ether oxygens (including phenoxy) is 2. The Kier molecular flexibility index (Phi) is 10.0. The van der Waals surface area contributed by atoms with Gasteiger partial charge in [0.05, 0.1) is 31.5 Å². The summed E-state index contributed by atoms with van der Waals surface area (Å²) in [5.41, 5.74) is 2.36. The first-order valence-corrected chi connectivity index (χ1v) is 15.8. The lowest BCUT2D eigenvalue weighted by Crippen LogP contribution is -2.49. The molecule has 0 N–H and O–H groups in total. The summed E-state index contributed by atoms with van der Waals surface area (Å²) >= 11 is 0. The van der Waals surface area contributed by atoms with Gasteiger partial charge in [0, 0.05) is 76.3 Å². The Bertz CT molecular complexity index is 1570. The summed E-state index contributed by atoms with van der Waals surface area (Å²) in [6, 6.07) is 22.7. The van der Waals surface area contributed by atoms with E-state index in [0.29, 0.717) is 50.7 Å². The quantitative estimate of drug-likeness (QED) is 0.241. The van der Waals surface area contributed by atoms with E-state index in [9.17, 15) is 9.18 Å². The maximum absolute atomic E-state index is 14.4. The molecule has 0 unspecified atom stereocenters. The molecule has 0 radical (unpaired) electrons. The van der Waals surface area contributed by atoms with Gasteiger partial charge in [-0.2, -0.15) is 0 Å². The number of carbonyl (C=O) groups is 1.